The largest absolute Gasteiger partial charge is 0.497 e. The number of nitrogens with zero attached hydrogens (tertiary/aromatic N) is 2. The topological polar surface area (TPSA) is 96.4 Å². The molecule has 8 nitrogen and oxygen atoms in total. The first-order valence-corrected chi connectivity index (χ1v) is 14.7. The van der Waals surface area contributed by atoms with E-state index in [9.17, 15) is 19.5 Å². The average molecular weight is 557 g/mol. The van der Waals surface area contributed by atoms with Crippen LogP contribution in [0.4, 0.5) is 5.69 Å². The van der Waals surface area contributed by atoms with Gasteiger partial charge in [0, 0.05) is 30.6 Å². The lowest BCUT2D eigenvalue weighted by atomic mass is 9.66. The average Bonchev–Trinajstić information content (AvgIpc) is 3.53. The molecule has 3 heterocycles. The molecule has 0 saturated carbocycles. The molecular weight excluding hydrogens is 516 g/mol. The molecule has 1 N–H and O–H groups in total. The minimum Gasteiger partial charge on any atom is -0.497 e. The molecule has 0 aliphatic carbocycles. The van der Waals surface area contributed by atoms with Gasteiger partial charge in [0.05, 0.1) is 30.3 Å². The van der Waals surface area contributed by atoms with Crippen molar-refractivity contribution in [1.82, 2.24) is 4.90 Å². The van der Waals surface area contributed by atoms with E-state index in [1.165, 1.54) is 0 Å². The molecule has 2 bridgehead atoms. The zero-order chi connectivity index (χ0) is 28.2. The highest BCUT2D eigenvalue weighted by Crippen LogP contribution is 2.68. The number of likely N-dealkylation sites (tertiary alicyclic amines) is 1. The molecule has 3 fully saturated rings. The minimum atomic E-state index is -0.720. The van der Waals surface area contributed by atoms with Crippen molar-refractivity contribution >= 4 is 35.2 Å². The van der Waals surface area contributed by atoms with Gasteiger partial charge in [-0.3, -0.25) is 14.4 Å². The second-order valence-corrected chi connectivity index (χ2v) is 12.1. The molecule has 3 aliphatic heterocycles. The van der Waals surface area contributed by atoms with E-state index in [-0.39, 0.29) is 48.7 Å². The van der Waals surface area contributed by atoms with Gasteiger partial charge in [-0.15, -0.1) is 24.9 Å². The first-order valence-electron chi connectivity index (χ1n) is 13.8. The molecule has 3 saturated heterocycles. The van der Waals surface area contributed by atoms with Crippen LogP contribution in [0.25, 0.3) is 0 Å². The summed E-state index contributed by atoms with van der Waals surface area (Å²) in [6, 6.07) is 6.56. The van der Waals surface area contributed by atoms with Crippen LogP contribution in [-0.2, 0) is 19.1 Å². The summed E-state index contributed by atoms with van der Waals surface area (Å²) < 4.78 is 10.2. The van der Waals surface area contributed by atoms with Crippen LogP contribution in [0.2, 0.25) is 0 Å². The van der Waals surface area contributed by atoms with Gasteiger partial charge in [0.2, 0.25) is 5.91 Å². The molecule has 1 aromatic rings. The third-order valence-electron chi connectivity index (χ3n) is 8.34. The highest BCUT2D eigenvalue weighted by atomic mass is 32.2. The number of unbranched alkanes of at least 4 members (excludes halogenated alkanes) is 2. The summed E-state index contributed by atoms with van der Waals surface area (Å²) in [5.74, 6) is -1.10. The Morgan fingerprint density at radius 3 is 2.59 bits per heavy atom. The molecular formula is C30H40N2O6S. The van der Waals surface area contributed by atoms with Crippen molar-refractivity contribution in [2.75, 3.05) is 38.3 Å². The number of benzene rings is 1. The van der Waals surface area contributed by atoms with Crippen molar-refractivity contribution in [3.63, 3.8) is 0 Å². The fraction of sp³-hybridized carbons (Fsp3) is 0.567. The van der Waals surface area contributed by atoms with E-state index in [1.807, 2.05) is 12.1 Å². The summed E-state index contributed by atoms with van der Waals surface area (Å²) in [4.78, 5) is 45.5. The predicted octanol–water partition coefficient (Wildman–Crippen LogP) is 3.83. The fourth-order valence-electron chi connectivity index (χ4n) is 6.58. The van der Waals surface area contributed by atoms with Gasteiger partial charge in [-0.05, 0) is 62.3 Å². The number of amides is 2. The van der Waals surface area contributed by atoms with E-state index in [0.717, 1.165) is 12.8 Å². The number of hydrogen-bond donors (Lipinski definition) is 1. The Morgan fingerprint density at radius 1 is 1.21 bits per heavy atom. The van der Waals surface area contributed by atoms with Crippen LogP contribution >= 0.6 is 11.8 Å². The van der Waals surface area contributed by atoms with Gasteiger partial charge in [-0.25, -0.2) is 0 Å². The molecule has 3 unspecified atom stereocenters. The number of aliphatic hydroxyl groups is 1. The second-order valence-electron chi connectivity index (χ2n) is 10.5. The highest BCUT2D eigenvalue weighted by molar-refractivity contribution is 8.02. The maximum absolute atomic E-state index is 14.6. The van der Waals surface area contributed by atoms with Gasteiger partial charge in [0.25, 0.3) is 5.91 Å². The molecule has 3 aliphatic rings. The van der Waals surface area contributed by atoms with Gasteiger partial charge >= 0.3 is 5.97 Å². The summed E-state index contributed by atoms with van der Waals surface area (Å²) in [6.07, 6.45) is 6.72. The lowest BCUT2D eigenvalue weighted by Gasteiger charge is -2.40. The number of anilines is 1. The summed E-state index contributed by atoms with van der Waals surface area (Å²) in [6.45, 7) is 10.7. The number of carbonyl (C=O) groups excluding carboxylic acids is 3. The van der Waals surface area contributed by atoms with Gasteiger partial charge in [0.1, 0.15) is 11.8 Å². The van der Waals surface area contributed by atoms with Crippen LogP contribution in [0.15, 0.2) is 49.6 Å². The highest BCUT2D eigenvalue weighted by Gasteiger charge is 2.76. The van der Waals surface area contributed by atoms with E-state index in [0.29, 0.717) is 37.2 Å². The number of fused-ring (bicyclic) bond motifs is 1. The van der Waals surface area contributed by atoms with Crippen LogP contribution in [-0.4, -0.2) is 77.2 Å². The maximum Gasteiger partial charge on any atom is 0.310 e. The standard InChI is InChI=1S/C30H40N2O6S/c1-5-7-18-38-29(36)24-23-19-20(3)30(39-23)25(24)27(34)32(16-9-8-10-17-33)26(30)28(35)31(15-6-2)21-11-13-22(37-4)14-12-21/h5-6,11-14,20,23-26,33H,1-2,7-10,15-19H2,3-4H3/t20?,23-,24+,25+,26?,30?/m1/s1. The van der Waals surface area contributed by atoms with Crippen LogP contribution in [0.1, 0.15) is 39.0 Å². The van der Waals surface area contributed by atoms with Crippen molar-refractivity contribution in [3.05, 3.63) is 49.6 Å². The zero-order valence-corrected chi connectivity index (χ0v) is 23.7. The Hall–Kier alpha value is -2.78. The molecule has 1 spiro atoms. The van der Waals surface area contributed by atoms with Gasteiger partial charge < -0.3 is 24.4 Å². The maximum atomic E-state index is 14.6. The van der Waals surface area contributed by atoms with Crippen LogP contribution in [0.3, 0.4) is 0 Å². The lowest BCUT2D eigenvalue weighted by molar-refractivity contribution is -0.154. The van der Waals surface area contributed by atoms with Gasteiger partial charge in [-0.2, -0.15) is 0 Å². The number of esters is 1. The molecule has 6 atom stereocenters. The molecule has 212 valence electrons. The third kappa shape index (κ3) is 5.23. The molecule has 4 rings (SSSR count). The Bertz CT molecular complexity index is 1080. The van der Waals surface area contributed by atoms with E-state index in [4.69, 9.17) is 9.47 Å². The van der Waals surface area contributed by atoms with Crippen molar-refractivity contribution in [1.29, 1.82) is 0 Å². The first kappa shape index (κ1) is 29.2. The normalized spacial score (nSPS) is 28.7. The number of rotatable bonds is 14. The Labute approximate surface area is 235 Å². The lowest BCUT2D eigenvalue weighted by Crippen LogP contribution is -2.57. The fourth-order valence-corrected chi connectivity index (χ4v) is 8.98. The van der Waals surface area contributed by atoms with Crippen molar-refractivity contribution in [2.24, 2.45) is 17.8 Å². The molecule has 39 heavy (non-hydrogen) atoms. The van der Waals surface area contributed by atoms with Gasteiger partial charge in [-0.1, -0.05) is 19.1 Å². The van der Waals surface area contributed by atoms with Crippen molar-refractivity contribution in [3.8, 4) is 5.75 Å². The minimum absolute atomic E-state index is 0.0640. The summed E-state index contributed by atoms with van der Waals surface area (Å²) in [5, 5.41) is 9.20. The SMILES string of the molecule is C=CCCOC(=O)[C@@H]1[C@H]2C(=O)N(CCCCCO)C(C(=O)N(CC=C)c3ccc(OC)cc3)C23S[C@@H]1CC3C. The van der Waals surface area contributed by atoms with Gasteiger partial charge in [0.15, 0.2) is 0 Å². The van der Waals surface area contributed by atoms with Crippen LogP contribution in [0, 0.1) is 17.8 Å². The van der Waals surface area contributed by atoms with E-state index in [1.54, 1.807) is 53.0 Å². The molecule has 0 aromatic heterocycles. The first-order chi connectivity index (χ1) is 18.8. The Morgan fingerprint density at radius 2 is 1.95 bits per heavy atom. The van der Waals surface area contributed by atoms with E-state index < -0.39 is 22.6 Å². The number of carbonyl (C=O) groups is 3. The van der Waals surface area contributed by atoms with E-state index in [2.05, 4.69) is 20.1 Å². The summed E-state index contributed by atoms with van der Waals surface area (Å²) in [5.41, 5.74) is 0.693. The predicted molar refractivity (Wildman–Crippen MR) is 153 cm³/mol. The number of methoxy groups -OCH3 is 1. The molecule has 0 radical (unpaired) electrons. The second kappa shape index (κ2) is 12.6. The number of aliphatic hydroxyl groups excluding tert-OH is 1. The third-order valence-corrected chi connectivity index (χ3v) is 10.4. The molecule has 2 amide bonds. The number of hydrogen-bond acceptors (Lipinski definition) is 7. The quantitative estimate of drug-likeness (QED) is 0.211. The number of ether oxygens (including phenoxy) is 2. The van der Waals surface area contributed by atoms with Crippen LogP contribution in [0.5, 0.6) is 5.75 Å². The van der Waals surface area contributed by atoms with Crippen molar-refractivity contribution in [2.45, 2.75) is 55.1 Å². The number of thioether (sulfide) groups is 1. The smallest absolute Gasteiger partial charge is 0.310 e. The Kier molecular flexibility index (Phi) is 9.43. The Balaban J connectivity index is 1.72. The van der Waals surface area contributed by atoms with E-state index >= 15 is 0 Å². The van der Waals surface area contributed by atoms with Crippen molar-refractivity contribution < 1.29 is 29.0 Å². The summed E-state index contributed by atoms with van der Waals surface area (Å²) >= 11 is 1.64. The van der Waals surface area contributed by atoms with Crippen LogP contribution < -0.4 is 9.64 Å². The summed E-state index contributed by atoms with van der Waals surface area (Å²) in [7, 11) is 1.59. The monoisotopic (exact) mass is 556 g/mol. The zero-order valence-electron chi connectivity index (χ0n) is 22.9. The molecule has 1 aromatic carbocycles. The molecule has 9 heteroatoms.